The van der Waals surface area contributed by atoms with Gasteiger partial charge in [-0.1, -0.05) is 31.2 Å². The lowest BCUT2D eigenvalue weighted by Crippen LogP contribution is -2.40. The Labute approximate surface area is 134 Å². The number of aliphatic imine (C=N–C) groups is 1. The van der Waals surface area contributed by atoms with Gasteiger partial charge in [0.05, 0.1) is 19.8 Å². The zero-order chi connectivity index (χ0) is 16.2. The average Bonchev–Trinajstić information content (AvgIpc) is 2.55. The lowest BCUT2D eigenvalue weighted by molar-refractivity contribution is 0.0731. The SMILES string of the molecule is CCc1ccc(CN(C)C(=NC)NCCOCCOC)cc1. The molecule has 0 fully saturated rings. The lowest BCUT2D eigenvalue weighted by atomic mass is 10.1. The molecule has 22 heavy (non-hydrogen) atoms. The summed E-state index contributed by atoms with van der Waals surface area (Å²) >= 11 is 0. The van der Waals surface area contributed by atoms with Crippen LogP contribution >= 0.6 is 0 Å². The van der Waals surface area contributed by atoms with Crippen molar-refractivity contribution in [3.05, 3.63) is 35.4 Å². The topological polar surface area (TPSA) is 46.1 Å². The van der Waals surface area contributed by atoms with Gasteiger partial charge in [-0.05, 0) is 17.5 Å². The van der Waals surface area contributed by atoms with Crippen molar-refractivity contribution < 1.29 is 9.47 Å². The van der Waals surface area contributed by atoms with Gasteiger partial charge in [-0.25, -0.2) is 0 Å². The average molecular weight is 307 g/mol. The summed E-state index contributed by atoms with van der Waals surface area (Å²) in [5.74, 6) is 0.870. The minimum Gasteiger partial charge on any atom is -0.382 e. The maximum atomic E-state index is 5.43. The van der Waals surface area contributed by atoms with Crippen LogP contribution in [0.2, 0.25) is 0 Å². The van der Waals surface area contributed by atoms with Gasteiger partial charge in [0.15, 0.2) is 5.96 Å². The second-order valence-corrected chi connectivity index (χ2v) is 5.11. The zero-order valence-electron chi connectivity index (χ0n) is 14.3. The lowest BCUT2D eigenvalue weighted by Gasteiger charge is -2.22. The van der Waals surface area contributed by atoms with Gasteiger partial charge in [-0.3, -0.25) is 4.99 Å². The van der Waals surface area contributed by atoms with E-state index in [1.165, 1.54) is 11.1 Å². The number of hydrogen-bond donors (Lipinski definition) is 1. The quantitative estimate of drug-likeness (QED) is 0.430. The Bertz CT molecular complexity index is 432. The molecule has 1 aromatic carbocycles. The molecule has 0 aliphatic heterocycles. The van der Waals surface area contributed by atoms with Crippen molar-refractivity contribution in [1.29, 1.82) is 0 Å². The fourth-order valence-corrected chi connectivity index (χ4v) is 2.09. The summed E-state index contributed by atoms with van der Waals surface area (Å²) in [6.45, 7) is 5.62. The summed E-state index contributed by atoms with van der Waals surface area (Å²) in [5.41, 5.74) is 2.64. The Morgan fingerprint density at radius 1 is 1.14 bits per heavy atom. The van der Waals surface area contributed by atoms with Gasteiger partial charge in [-0.2, -0.15) is 0 Å². The van der Waals surface area contributed by atoms with E-state index in [4.69, 9.17) is 9.47 Å². The van der Waals surface area contributed by atoms with Crippen molar-refractivity contribution in [2.24, 2.45) is 4.99 Å². The van der Waals surface area contributed by atoms with Gasteiger partial charge in [0.1, 0.15) is 0 Å². The van der Waals surface area contributed by atoms with Gasteiger partial charge in [0.25, 0.3) is 0 Å². The highest BCUT2D eigenvalue weighted by atomic mass is 16.5. The van der Waals surface area contributed by atoms with Crippen LogP contribution in [0.15, 0.2) is 29.3 Å². The van der Waals surface area contributed by atoms with Crippen molar-refractivity contribution in [3.63, 3.8) is 0 Å². The molecule has 1 N–H and O–H groups in total. The Hall–Kier alpha value is -1.59. The van der Waals surface area contributed by atoms with E-state index in [1.807, 2.05) is 7.05 Å². The number of rotatable bonds is 9. The van der Waals surface area contributed by atoms with Crippen molar-refractivity contribution in [2.75, 3.05) is 47.6 Å². The van der Waals surface area contributed by atoms with Gasteiger partial charge >= 0.3 is 0 Å². The number of guanidine groups is 1. The molecule has 0 unspecified atom stereocenters. The number of ether oxygens (including phenoxy) is 2. The first-order valence-corrected chi connectivity index (χ1v) is 7.77. The molecule has 0 saturated heterocycles. The minimum atomic E-state index is 0.621. The highest BCUT2D eigenvalue weighted by Gasteiger charge is 2.06. The maximum absolute atomic E-state index is 5.43. The predicted octanol–water partition coefficient (Wildman–Crippen LogP) is 1.92. The predicted molar refractivity (Wildman–Crippen MR) is 91.3 cm³/mol. The van der Waals surface area contributed by atoms with Crippen LogP contribution in [0, 0.1) is 0 Å². The summed E-state index contributed by atoms with van der Waals surface area (Å²) in [6.07, 6.45) is 1.07. The molecule has 0 aliphatic carbocycles. The summed E-state index contributed by atoms with van der Waals surface area (Å²) in [4.78, 5) is 6.41. The molecule has 5 nitrogen and oxygen atoms in total. The molecule has 0 radical (unpaired) electrons. The number of hydrogen-bond acceptors (Lipinski definition) is 3. The molecule has 0 bridgehead atoms. The monoisotopic (exact) mass is 307 g/mol. The largest absolute Gasteiger partial charge is 0.382 e. The molecule has 5 heteroatoms. The van der Waals surface area contributed by atoms with Crippen LogP contribution in [0.3, 0.4) is 0 Å². The van der Waals surface area contributed by atoms with E-state index >= 15 is 0 Å². The smallest absolute Gasteiger partial charge is 0.193 e. The number of nitrogens with one attached hydrogen (secondary N) is 1. The van der Waals surface area contributed by atoms with Crippen LogP contribution in [0.5, 0.6) is 0 Å². The molecule has 0 spiro atoms. The second-order valence-electron chi connectivity index (χ2n) is 5.11. The molecule has 0 aromatic heterocycles. The molecule has 124 valence electrons. The minimum absolute atomic E-state index is 0.621. The number of nitrogens with zero attached hydrogens (tertiary/aromatic N) is 2. The number of methoxy groups -OCH3 is 1. The third-order valence-electron chi connectivity index (χ3n) is 3.39. The van der Waals surface area contributed by atoms with Crippen molar-refractivity contribution >= 4 is 5.96 Å². The molecule has 0 atom stereocenters. The Morgan fingerprint density at radius 2 is 1.82 bits per heavy atom. The summed E-state index contributed by atoms with van der Waals surface area (Å²) in [5, 5.41) is 3.30. The van der Waals surface area contributed by atoms with Crippen LogP contribution in [0.1, 0.15) is 18.1 Å². The van der Waals surface area contributed by atoms with Crippen LogP contribution in [0.25, 0.3) is 0 Å². The normalized spacial score (nSPS) is 11.5. The molecule has 0 aliphatic rings. The summed E-state index contributed by atoms with van der Waals surface area (Å²) in [6, 6.07) is 8.72. The number of aryl methyl sites for hydroxylation is 1. The first-order chi connectivity index (χ1) is 10.7. The zero-order valence-corrected chi connectivity index (χ0v) is 14.3. The molecule has 0 saturated carbocycles. The maximum Gasteiger partial charge on any atom is 0.193 e. The standard InChI is InChI=1S/C17H29N3O2/c1-5-15-6-8-16(9-7-15)14-20(3)17(18-2)19-10-11-22-13-12-21-4/h6-9H,5,10-14H2,1-4H3,(H,18,19). The van der Waals surface area contributed by atoms with E-state index < -0.39 is 0 Å². The van der Waals surface area contributed by atoms with E-state index in [0.717, 1.165) is 25.5 Å². The van der Waals surface area contributed by atoms with Gasteiger partial charge < -0.3 is 19.7 Å². The van der Waals surface area contributed by atoms with Crippen LogP contribution in [-0.2, 0) is 22.4 Å². The third-order valence-corrected chi connectivity index (χ3v) is 3.39. The molecule has 1 aromatic rings. The Balaban J connectivity index is 2.35. The van der Waals surface area contributed by atoms with Gasteiger partial charge in [-0.15, -0.1) is 0 Å². The Kier molecular flexibility index (Phi) is 9.26. The molecule has 0 heterocycles. The van der Waals surface area contributed by atoms with E-state index in [9.17, 15) is 0 Å². The van der Waals surface area contributed by atoms with Crippen molar-refractivity contribution in [1.82, 2.24) is 10.2 Å². The van der Waals surface area contributed by atoms with Crippen LogP contribution < -0.4 is 5.32 Å². The molecular formula is C17H29N3O2. The molecule has 1 rings (SSSR count). The van der Waals surface area contributed by atoms with Crippen molar-refractivity contribution in [3.8, 4) is 0 Å². The molecule has 0 amide bonds. The fraction of sp³-hybridized carbons (Fsp3) is 0.588. The Morgan fingerprint density at radius 3 is 2.41 bits per heavy atom. The van der Waals surface area contributed by atoms with Crippen molar-refractivity contribution in [2.45, 2.75) is 19.9 Å². The highest BCUT2D eigenvalue weighted by molar-refractivity contribution is 5.79. The van der Waals surface area contributed by atoms with Crippen LogP contribution in [-0.4, -0.2) is 58.4 Å². The highest BCUT2D eigenvalue weighted by Crippen LogP contribution is 2.07. The molecular weight excluding hydrogens is 278 g/mol. The van der Waals surface area contributed by atoms with Gasteiger partial charge in [0, 0.05) is 34.3 Å². The summed E-state index contributed by atoms with van der Waals surface area (Å²) in [7, 11) is 5.51. The third kappa shape index (κ3) is 6.91. The van der Waals surface area contributed by atoms with E-state index in [2.05, 4.69) is 46.4 Å². The first kappa shape index (κ1) is 18.5. The fourth-order valence-electron chi connectivity index (χ4n) is 2.09. The first-order valence-electron chi connectivity index (χ1n) is 7.77. The van der Waals surface area contributed by atoms with Gasteiger partial charge in [0.2, 0.25) is 0 Å². The van der Waals surface area contributed by atoms with E-state index in [1.54, 1.807) is 14.2 Å². The van der Waals surface area contributed by atoms with E-state index in [0.29, 0.717) is 19.8 Å². The van der Waals surface area contributed by atoms with Crippen LogP contribution in [0.4, 0.5) is 0 Å². The number of benzene rings is 1. The van der Waals surface area contributed by atoms with E-state index in [-0.39, 0.29) is 0 Å². The second kappa shape index (κ2) is 11.0. The summed E-state index contributed by atoms with van der Waals surface area (Å²) < 4.78 is 10.4.